The predicted octanol–water partition coefficient (Wildman–Crippen LogP) is 2.43. The van der Waals surface area contributed by atoms with Crippen molar-refractivity contribution in [1.82, 2.24) is 0 Å². The van der Waals surface area contributed by atoms with Crippen LogP contribution in [-0.2, 0) is 9.53 Å². The van der Waals surface area contributed by atoms with Crippen LogP contribution in [0, 0.1) is 0 Å². The zero-order valence-electron chi connectivity index (χ0n) is 6.65. The zero-order valence-corrected chi connectivity index (χ0v) is 6.65. The molecule has 0 aliphatic carbocycles. The van der Waals surface area contributed by atoms with Crippen LogP contribution in [0.25, 0.3) is 0 Å². The smallest absolute Gasteiger partial charge is 0.389 e. The zero-order chi connectivity index (χ0) is 11.4. The molecule has 0 bridgehead atoms. The Morgan fingerprint density at radius 3 is 2.07 bits per heavy atom. The third-order valence-corrected chi connectivity index (χ3v) is 1.20. The summed E-state index contributed by atoms with van der Waals surface area (Å²) < 4.78 is 72.9. The van der Waals surface area contributed by atoms with Gasteiger partial charge in [-0.15, -0.1) is 0 Å². The van der Waals surface area contributed by atoms with Gasteiger partial charge in [-0.2, -0.15) is 8.78 Å². The van der Waals surface area contributed by atoms with E-state index < -0.39 is 37.8 Å². The van der Waals surface area contributed by atoms with Crippen molar-refractivity contribution in [3.8, 4) is 0 Å². The van der Waals surface area contributed by atoms with E-state index in [2.05, 4.69) is 4.74 Å². The van der Waals surface area contributed by atoms with Gasteiger partial charge in [0.05, 0.1) is 6.42 Å². The van der Waals surface area contributed by atoms with Crippen LogP contribution in [0.5, 0.6) is 0 Å². The molecule has 0 aromatic carbocycles. The Kier molecular flexibility index (Phi) is 4.72. The van der Waals surface area contributed by atoms with E-state index >= 15 is 0 Å². The van der Waals surface area contributed by atoms with Gasteiger partial charge in [-0.25, -0.2) is 17.6 Å². The van der Waals surface area contributed by atoms with Crippen LogP contribution in [0.2, 0.25) is 0 Å². The molecule has 2 nitrogen and oxygen atoms in total. The molecule has 0 spiro atoms. The first-order valence-electron chi connectivity index (χ1n) is 3.39. The number of carbonyl (C=O) groups is 1. The van der Waals surface area contributed by atoms with E-state index in [0.29, 0.717) is 0 Å². The molecule has 8 heteroatoms. The number of alkyl halides is 6. The molecule has 0 N–H and O–H groups in total. The van der Waals surface area contributed by atoms with Gasteiger partial charge < -0.3 is 4.74 Å². The van der Waals surface area contributed by atoms with E-state index in [1.807, 2.05) is 0 Å². The summed E-state index contributed by atoms with van der Waals surface area (Å²) in [6.07, 6.45) is -6.63. The molecule has 0 amide bonds. The number of halogens is 6. The Balaban J connectivity index is 3.88. The standard InChI is InChI=1S/C6H6F6O2/c7-4(8)6(11,12)2-1-3(13)14-5(9)10/h4-5H,1-2H2. The molecule has 0 heterocycles. The van der Waals surface area contributed by atoms with E-state index in [1.165, 1.54) is 0 Å². The van der Waals surface area contributed by atoms with Gasteiger partial charge in [0.25, 0.3) is 0 Å². The van der Waals surface area contributed by atoms with Crippen LogP contribution in [-0.4, -0.2) is 24.9 Å². The lowest BCUT2D eigenvalue weighted by molar-refractivity contribution is -0.181. The fourth-order valence-corrected chi connectivity index (χ4v) is 0.536. The lowest BCUT2D eigenvalue weighted by Crippen LogP contribution is -2.27. The van der Waals surface area contributed by atoms with Gasteiger partial charge >= 0.3 is 24.9 Å². The fourth-order valence-electron chi connectivity index (χ4n) is 0.536. The highest BCUT2D eigenvalue weighted by Gasteiger charge is 2.40. The molecule has 0 fully saturated rings. The minimum Gasteiger partial charge on any atom is -0.403 e. The van der Waals surface area contributed by atoms with E-state index in [1.54, 1.807) is 0 Å². The van der Waals surface area contributed by atoms with Crippen LogP contribution in [0.1, 0.15) is 12.8 Å². The first-order valence-corrected chi connectivity index (χ1v) is 3.39. The summed E-state index contributed by atoms with van der Waals surface area (Å²) >= 11 is 0. The van der Waals surface area contributed by atoms with Gasteiger partial charge in [0.2, 0.25) is 0 Å². The van der Waals surface area contributed by atoms with Crippen LogP contribution >= 0.6 is 0 Å². The fraction of sp³-hybridized carbons (Fsp3) is 0.833. The second-order valence-electron chi connectivity index (χ2n) is 2.31. The molecular weight excluding hydrogens is 218 g/mol. The molecule has 0 rings (SSSR count). The maximum absolute atomic E-state index is 12.1. The van der Waals surface area contributed by atoms with E-state index in [9.17, 15) is 31.1 Å². The summed E-state index contributed by atoms with van der Waals surface area (Å²) in [7, 11) is 0. The molecule has 0 aliphatic rings. The maximum Gasteiger partial charge on any atom is 0.389 e. The minimum absolute atomic E-state index is 1.18. The third kappa shape index (κ3) is 4.93. The molecule has 0 atom stereocenters. The van der Waals surface area contributed by atoms with E-state index in [0.717, 1.165) is 0 Å². The van der Waals surface area contributed by atoms with Crippen molar-refractivity contribution >= 4 is 5.97 Å². The van der Waals surface area contributed by atoms with Crippen molar-refractivity contribution < 1.29 is 35.9 Å². The van der Waals surface area contributed by atoms with Gasteiger partial charge in [0.1, 0.15) is 0 Å². The number of carbonyl (C=O) groups excluding carboxylic acids is 1. The molecule has 0 saturated carbocycles. The van der Waals surface area contributed by atoms with Crippen molar-refractivity contribution in [3.63, 3.8) is 0 Å². The number of hydrogen-bond acceptors (Lipinski definition) is 2. The normalized spacial score (nSPS) is 12.3. The molecule has 0 saturated heterocycles. The van der Waals surface area contributed by atoms with Crippen molar-refractivity contribution in [2.45, 2.75) is 31.8 Å². The van der Waals surface area contributed by atoms with Crippen LogP contribution in [0.4, 0.5) is 26.3 Å². The highest BCUT2D eigenvalue weighted by Crippen LogP contribution is 2.28. The van der Waals surface area contributed by atoms with Gasteiger partial charge in [-0.1, -0.05) is 0 Å². The number of rotatable bonds is 5. The summed E-state index contributed by atoms with van der Waals surface area (Å²) in [5.41, 5.74) is 0. The van der Waals surface area contributed by atoms with Crippen LogP contribution in [0.3, 0.4) is 0 Å². The van der Waals surface area contributed by atoms with Crippen molar-refractivity contribution in [1.29, 1.82) is 0 Å². The van der Waals surface area contributed by atoms with Gasteiger partial charge in [-0.3, -0.25) is 4.79 Å². The SMILES string of the molecule is O=C(CCC(F)(F)C(F)F)OC(F)F. The second-order valence-corrected chi connectivity index (χ2v) is 2.31. The first-order chi connectivity index (χ1) is 6.25. The Hall–Kier alpha value is -0.950. The van der Waals surface area contributed by atoms with Gasteiger partial charge in [-0.05, 0) is 0 Å². The lowest BCUT2D eigenvalue weighted by atomic mass is 10.2. The topological polar surface area (TPSA) is 26.3 Å². The molecule has 0 radical (unpaired) electrons. The monoisotopic (exact) mass is 224 g/mol. The van der Waals surface area contributed by atoms with E-state index in [4.69, 9.17) is 0 Å². The maximum atomic E-state index is 12.1. The van der Waals surface area contributed by atoms with Crippen LogP contribution in [0.15, 0.2) is 0 Å². The summed E-state index contributed by atoms with van der Waals surface area (Å²) in [6, 6.07) is 0. The summed E-state index contributed by atoms with van der Waals surface area (Å²) in [4.78, 5) is 10.2. The minimum atomic E-state index is -4.36. The summed E-state index contributed by atoms with van der Waals surface area (Å²) in [6.45, 7) is -3.43. The number of hydrogen-bond donors (Lipinski definition) is 0. The molecule has 0 aromatic rings. The number of ether oxygens (including phenoxy) is 1. The molecular formula is C6H6F6O2. The van der Waals surface area contributed by atoms with Crippen molar-refractivity contribution in [3.05, 3.63) is 0 Å². The second kappa shape index (κ2) is 5.06. The van der Waals surface area contributed by atoms with Crippen molar-refractivity contribution in [2.75, 3.05) is 0 Å². The van der Waals surface area contributed by atoms with Crippen molar-refractivity contribution in [2.24, 2.45) is 0 Å². The Morgan fingerprint density at radius 1 is 1.21 bits per heavy atom. The average Bonchev–Trinajstić information content (AvgIpc) is 1.99. The Morgan fingerprint density at radius 2 is 1.71 bits per heavy atom. The van der Waals surface area contributed by atoms with Crippen LogP contribution < -0.4 is 0 Å². The largest absolute Gasteiger partial charge is 0.403 e. The molecule has 14 heavy (non-hydrogen) atoms. The van der Waals surface area contributed by atoms with Gasteiger partial charge in [0.15, 0.2) is 0 Å². The highest BCUT2D eigenvalue weighted by atomic mass is 19.3. The van der Waals surface area contributed by atoms with Gasteiger partial charge in [0, 0.05) is 6.42 Å². The third-order valence-electron chi connectivity index (χ3n) is 1.20. The molecule has 0 aromatic heterocycles. The quantitative estimate of drug-likeness (QED) is 0.529. The molecule has 0 aliphatic heterocycles. The highest BCUT2D eigenvalue weighted by molar-refractivity contribution is 5.69. The van der Waals surface area contributed by atoms with E-state index in [-0.39, 0.29) is 0 Å². The Labute approximate surface area is 74.8 Å². The number of esters is 1. The summed E-state index contributed by atoms with van der Waals surface area (Å²) in [5, 5.41) is 0. The molecule has 0 unspecified atom stereocenters. The average molecular weight is 224 g/mol. The first kappa shape index (κ1) is 13.1. The Bertz CT molecular complexity index is 193. The lowest BCUT2D eigenvalue weighted by Gasteiger charge is -2.13. The molecule has 84 valence electrons. The summed E-state index contributed by atoms with van der Waals surface area (Å²) in [5.74, 6) is -6.00. The predicted molar refractivity (Wildman–Crippen MR) is 32.3 cm³/mol.